The van der Waals surface area contributed by atoms with E-state index in [1.54, 1.807) is 107 Å². The fraction of sp³-hybridized carbons (Fsp3) is 0.414. The molecule has 0 bridgehead atoms. The number of ether oxygens (including phenoxy) is 6. The maximum atomic E-state index is 13.4. The number of nitrogens with zero attached hydrogens (tertiary/aromatic N) is 5. The number of rotatable bonds is 44. The molecule has 38 heteroatoms. The molecule has 0 radical (unpaired) electrons. The number of hydrogen-bond donors (Lipinski definition) is 11. The quantitative estimate of drug-likeness (QED) is 0.0125. The number of thioether (sulfide) groups is 1. The molecule has 8 aromatic carbocycles. The van der Waals surface area contributed by atoms with Gasteiger partial charge in [-0.1, -0.05) is 183 Å². The lowest BCUT2D eigenvalue weighted by Gasteiger charge is -2.27. The molecule has 5 amide bonds. The molecular formula is C111H135N11O26S. The summed E-state index contributed by atoms with van der Waals surface area (Å²) in [5.41, 5.74) is 11.5. The number of aromatic nitrogens is 1. The third-order valence-corrected chi connectivity index (χ3v) is 26.0. The molecule has 5 aliphatic rings. The van der Waals surface area contributed by atoms with Crippen molar-refractivity contribution in [2.75, 3.05) is 109 Å². The van der Waals surface area contributed by atoms with Gasteiger partial charge in [-0.15, -0.1) is 0 Å². The van der Waals surface area contributed by atoms with E-state index in [1.165, 1.54) is 24.5 Å². The topological polar surface area (TPSA) is 505 Å². The second kappa shape index (κ2) is 60.1. The van der Waals surface area contributed by atoms with E-state index in [0.717, 1.165) is 67.6 Å². The summed E-state index contributed by atoms with van der Waals surface area (Å²) in [7, 11) is 0. The van der Waals surface area contributed by atoms with Crippen LogP contribution in [-0.2, 0) is 152 Å². The molecule has 9 unspecified atom stereocenters. The minimum absolute atomic E-state index is 0.0172. The third-order valence-electron chi connectivity index (χ3n) is 25.3. The van der Waals surface area contributed by atoms with E-state index in [9.17, 15) is 97.5 Å². The van der Waals surface area contributed by atoms with Crippen molar-refractivity contribution in [3.05, 3.63) is 257 Å². The second-order valence-electron chi connectivity index (χ2n) is 35.7. The Morgan fingerprint density at radius 2 is 0.617 bits per heavy atom. The van der Waals surface area contributed by atoms with Crippen molar-refractivity contribution in [1.29, 1.82) is 0 Å². The Bertz CT molecular complexity index is 6010. The monoisotopic (exact) mass is 2070 g/mol. The predicted molar refractivity (Wildman–Crippen MR) is 561 cm³/mol. The van der Waals surface area contributed by atoms with Crippen molar-refractivity contribution in [3.63, 3.8) is 0 Å². The highest BCUT2D eigenvalue weighted by molar-refractivity contribution is 7.98. The summed E-state index contributed by atoms with van der Waals surface area (Å²) in [6.07, 6.45) is 12.4. The SMILES string of the molecule is CCC[C@H](NC1CCc2ccccc2N(CC(=O)O)C1=O)C(=O)OCC.CCOC(=O)C(CCSC)NC1CCc2ccccc2N(CC(=O)O)C1=O.CCOC(=O)C(CCc1ccccc1)NC1CCc2ccccc2N(CC(=O)O)C1=O.CCOC(=O)C(COCc1ccccc1)NC1CCc2ccccc2N(CC(=O)O)C1=O.CCOC(=O)C(Cc1c[nH]c2ccccc12)NC1CCc2ccccc2N(CC(=O)O)C1=O. The maximum Gasteiger partial charge on any atom is 0.325 e. The molecule has 149 heavy (non-hydrogen) atoms. The normalized spacial score (nSPS) is 17.2. The summed E-state index contributed by atoms with van der Waals surface area (Å²) >= 11 is 1.61. The molecule has 5 aliphatic heterocycles. The van der Waals surface area contributed by atoms with E-state index in [1.807, 2.05) is 165 Å². The first kappa shape index (κ1) is 116. The number of anilines is 5. The lowest BCUT2D eigenvalue weighted by molar-refractivity contribution is -0.148. The van der Waals surface area contributed by atoms with Gasteiger partial charge in [0, 0.05) is 52.0 Å². The Morgan fingerprint density at radius 1 is 0.342 bits per heavy atom. The van der Waals surface area contributed by atoms with Crippen LogP contribution in [0, 0.1) is 0 Å². The smallest absolute Gasteiger partial charge is 0.325 e. The molecule has 0 saturated carbocycles. The van der Waals surface area contributed by atoms with Crippen molar-refractivity contribution < 1.29 is 126 Å². The van der Waals surface area contributed by atoms with Crippen molar-refractivity contribution in [2.24, 2.45) is 0 Å². The first-order valence-corrected chi connectivity index (χ1v) is 51.7. The van der Waals surface area contributed by atoms with Crippen LogP contribution in [0.15, 0.2) is 212 Å². The van der Waals surface area contributed by atoms with E-state index < -0.39 is 147 Å². The van der Waals surface area contributed by atoms with Gasteiger partial charge in [-0.05, 0) is 217 Å². The summed E-state index contributed by atoms with van der Waals surface area (Å²) in [5.74, 6) is -8.60. The van der Waals surface area contributed by atoms with Gasteiger partial charge in [0.2, 0.25) is 29.5 Å². The van der Waals surface area contributed by atoms with E-state index in [0.29, 0.717) is 131 Å². The number of para-hydroxylation sites is 6. The Hall–Kier alpha value is -14.5. The summed E-state index contributed by atoms with van der Waals surface area (Å²) in [5, 5.41) is 63.3. The number of aromatic amines is 1. The molecule has 796 valence electrons. The van der Waals surface area contributed by atoms with Crippen LogP contribution in [0.5, 0.6) is 0 Å². The summed E-state index contributed by atoms with van der Waals surface area (Å²) < 4.78 is 31.7. The van der Waals surface area contributed by atoms with Crippen LogP contribution in [0.1, 0.15) is 144 Å². The van der Waals surface area contributed by atoms with E-state index >= 15 is 0 Å². The Kier molecular flexibility index (Phi) is 46.9. The number of carbonyl (C=O) groups excluding carboxylic acids is 10. The standard InChI is InChI=1S/C25H27N3O5.C24H28N2O6.C24H28N2O5.C19H26N2O5S.C19H26N2O5/c1-2-33-25(32)21(13-17-14-26-19-9-5-4-8-18(17)19)27-20-12-11-16-7-3-6-10-22(16)28(24(20)31)15-23(29)30;1-2-32-24(30)20(16-31-15-17-8-4-3-5-9-17)25-19-13-12-18-10-6-7-11-21(18)26(23(19)29)14-22(27)28;1-2-31-24(30)20(14-12-17-8-4-3-5-9-17)25-19-15-13-18-10-6-7-11-21(18)26(23(19)29)16-22(27)28;1-3-26-19(25)15(10-11-27-2)20-14-9-8-13-6-4-5-7-16(13)21(18(14)24)12-17(22)23;1-3-7-15(19(25)26-4-2)20-14-11-10-13-8-5-6-9-16(13)21(18(14)24)12-17(22)23/h3-10,14,20-21,26-27H,2,11-13,15H2,1H3,(H,29,30);3-11,19-20,25H,2,12-16H2,1H3,(H,27,28);3-11,19-20,25H,2,12-16H2,1H3,(H,27,28);4-7,14-15,20H,3,8-12H2,1-2H3,(H,22,23);5-6,8-9,14-15,20H,3-4,7,10-12H2,1-2H3,(H,22,23)/t;;;;14?,15-/m....0/s1. The highest BCUT2D eigenvalue weighted by atomic mass is 32.2. The van der Waals surface area contributed by atoms with Crippen LogP contribution in [0.4, 0.5) is 28.4 Å². The molecule has 37 nitrogen and oxygen atoms in total. The van der Waals surface area contributed by atoms with Crippen LogP contribution in [-0.4, -0.2) is 265 Å². The lowest BCUT2D eigenvalue weighted by atomic mass is 10.0. The summed E-state index contributed by atoms with van der Waals surface area (Å²) in [6, 6.07) is 56.7. The van der Waals surface area contributed by atoms with Crippen molar-refractivity contribution in [3.8, 4) is 0 Å². The van der Waals surface area contributed by atoms with Gasteiger partial charge in [0.1, 0.15) is 62.9 Å². The third kappa shape index (κ3) is 34.5. The molecule has 10 atom stereocenters. The molecule has 9 aromatic rings. The summed E-state index contributed by atoms with van der Waals surface area (Å²) in [6.45, 7) is 10.0. The number of fused-ring (bicyclic) bond motifs is 6. The van der Waals surface area contributed by atoms with Gasteiger partial charge >= 0.3 is 59.7 Å². The van der Waals surface area contributed by atoms with E-state index in [4.69, 9.17) is 28.4 Å². The molecule has 6 heterocycles. The van der Waals surface area contributed by atoms with Crippen molar-refractivity contribution >= 4 is 140 Å². The average Bonchev–Trinajstić information content (AvgIpc) is 1.62. The zero-order chi connectivity index (χ0) is 107. The summed E-state index contributed by atoms with van der Waals surface area (Å²) in [4.78, 5) is 195. The number of aliphatic carboxylic acids is 5. The first-order chi connectivity index (χ1) is 71.9. The Morgan fingerprint density at radius 3 is 0.940 bits per heavy atom. The zero-order valence-electron chi connectivity index (χ0n) is 84.9. The molecule has 14 rings (SSSR count). The van der Waals surface area contributed by atoms with Crippen molar-refractivity contribution in [1.82, 2.24) is 31.6 Å². The van der Waals surface area contributed by atoms with Crippen LogP contribution >= 0.6 is 11.8 Å². The zero-order valence-corrected chi connectivity index (χ0v) is 85.8. The Labute approximate surface area is 870 Å². The number of hydrogen-bond acceptors (Lipinski definition) is 27. The number of carbonyl (C=O) groups is 15. The van der Waals surface area contributed by atoms with Crippen molar-refractivity contribution in [2.45, 2.75) is 211 Å². The lowest BCUT2D eigenvalue weighted by Crippen LogP contribution is -2.54. The van der Waals surface area contributed by atoms with E-state index in [-0.39, 0.29) is 75.2 Å². The van der Waals surface area contributed by atoms with Crippen LogP contribution in [0.2, 0.25) is 0 Å². The molecule has 11 N–H and O–H groups in total. The molecule has 0 spiro atoms. The number of benzene rings is 8. The van der Waals surface area contributed by atoms with Gasteiger partial charge in [-0.25, -0.2) is 0 Å². The number of H-pyrrole nitrogens is 1. The number of aryl methyl sites for hydroxylation is 6. The highest BCUT2D eigenvalue weighted by Crippen LogP contribution is 2.35. The minimum atomic E-state index is -1.11. The molecule has 0 fully saturated rings. The van der Waals surface area contributed by atoms with Crippen LogP contribution < -0.4 is 51.1 Å². The van der Waals surface area contributed by atoms with Crippen LogP contribution in [0.25, 0.3) is 10.9 Å². The van der Waals surface area contributed by atoms with Gasteiger partial charge in [0.15, 0.2) is 0 Å². The fourth-order valence-electron chi connectivity index (χ4n) is 18.3. The van der Waals surface area contributed by atoms with Gasteiger partial charge in [0.05, 0.1) is 76.5 Å². The van der Waals surface area contributed by atoms with E-state index in [2.05, 4.69) is 31.6 Å². The van der Waals surface area contributed by atoms with Gasteiger partial charge in [0.25, 0.3) is 0 Å². The Balaban J connectivity index is 0.000000191. The van der Waals surface area contributed by atoms with Gasteiger partial charge in [-0.3, -0.25) is 123 Å². The second-order valence-corrected chi connectivity index (χ2v) is 36.7. The number of carboxylic acid groups (broad SMARTS) is 5. The predicted octanol–water partition coefficient (Wildman–Crippen LogP) is 10.8. The molecule has 0 aliphatic carbocycles. The largest absolute Gasteiger partial charge is 0.480 e. The molecule has 1 aromatic heterocycles. The van der Waals surface area contributed by atoms with Gasteiger partial charge < -0.3 is 58.9 Å². The fourth-order valence-corrected chi connectivity index (χ4v) is 18.8. The molecular weight excluding hydrogens is 1940 g/mol. The number of amides is 5. The molecule has 0 saturated heterocycles. The number of esters is 5. The highest BCUT2D eigenvalue weighted by Gasteiger charge is 2.42. The number of nitrogens with one attached hydrogen (secondary N) is 6. The number of carboxylic acids is 5. The maximum absolute atomic E-state index is 13.4. The first-order valence-electron chi connectivity index (χ1n) is 50.3. The van der Waals surface area contributed by atoms with Gasteiger partial charge in [-0.2, -0.15) is 11.8 Å². The van der Waals surface area contributed by atoms with Crippen LogP contribution in [0.3, 0.4) is 0 Å². The average molecular weight is 2070 g/mol. The minimum Gasteiger partial charge on any atom is -0.480 e.